The van der Waals surface area contributed by atoms with E-state index in [2.05, 4.69) is 20.8 Å². The molecule has 0 atom stereocenters. The molecule has 2 heterocycles. The van der Waals surface area contributed by atoms with Crippen LogP contribution in [0.5, 0.6) is 0 Å². The van der Waals surface area contributed by atoms with Gasteiger partial charge in [0.15, 0.2) is 0 Å². The number of aromatic nitrogens is 1. The molecule has 164 valence electrons. The molecule has 4 aromatic rings. The highest BCUT2D eigenvalue weighted by Gasteiger charge is 2.35. The minimum absolute atomic E-state index is 0.170. The van der Waals surface area contributed by atoms with Crippen LogP contribution in [0.1, 0.15) is 31.8 Å². The van der Waals surface area contributed by atoms with Crippen LogP contribution in [0, 0.1) is 0 Å². The van der Waals surface area contributed by atoms with Gasteiger partial charge in [-0.3, -0.25) is 9.59 Å². The highest BCUT2D eigenvalue weighted by Crippen LogP contribution is 2.35. The molecule has 6 nitrogen and oxygen atoms in total. The SMILES string of the molecule is O=C(Nc1cc2c3c(c(-c4ccccc4)[nH]c3c1)C=NNC2=O)c1ccccc1C(F)(F)F. The Bertz CT molecular complexity index is 1440. The third-order valence-corrected chi connectivity index (χ3v) is 5.34. The molecular weight excluding hydrogens is 433 g/mol. The number of hydrazone groups is 1. The number of aromatic amines is 1. The summed E-state index contributed by atoms with van der Waals surface area (Å²) in [5.74, 6) is -1.43. The maximum atomic E-state index is 13.3. The Morgan fingerprint density at radius 3 is 2.45 bits per heavy atom. The van der Waals surface area contributed by atoms with Gasteiger partial charge in [0.25, 0.3) is 11.8 Å². The van der Waals surface area contributed by atoms with E-state index < -0.39 is 29.1 Å². The minimum Gasteiger partial charge on any atom is -0.354 e. The Labute approximate surface area is 185 Å². The minimum atomic E-state index is -4.68. The molecule has 0 aliphatic carbocycles. The van der Waals surface area contributed by atoms with Crippen molar-refractivity contribution < 1.29 is 22.8 Å². The van der Waals surface area contributed by atoms with Crippen LogP contribution >= 0.6 is 0 Å². The van der Waals surface area contributed by atoms with Gasteiger partial charge in [0.2, 0.25) is 0 Å². The highest BCUT2D eigenvalue weighted by molar-refractivity contribution is 6.18. The van der Waals surface area contributed by atoms with E-state index in [1.807, 2.05) is 30.3 Å². The van der Waals surface area contributed by atoms with Crippen LogP contribution in [0.4, 0.5) is 18.9 Å². The van der Waals surface area contributed by atoms with Crippen molar-refractivity contribution in [2.75, 3.05) is 5.32 Å². The van der Waals surface area contributed by atoms with E-state index in [0.29, 0.717) is 16.5 Å². The van der Waals surface area contributed by atoms with Gasteiger partial charge in [-0.1, -0.05) is 42.5 Å². The molecule has 2 amide bonds. The molecule has 1 aliphatic heterocycles. The number of benzene rings is 3. The van der Waals surface area contributed by atoms with Gasteiger partial charge >= 0.3 is 6.18 Å². The van der Waals surface area contributed by atoms with Crippen molar-refractivity contribution in [1.82, 2.24) is 10.4 Å². The number of hydrogen-bond donors (Lipinski definition) is 3. The summed E-state index contributed by atoms with van der Waals surface area (Å²) in [5.41, 5.74) is 4.06. The number of carbonyl (C=O) groups is 2. The third kappa shape index (κ3) is 3.63. The quantitative estimate of drug-likeness (QED) is 0.403. The Morgan fingerprint density at radius 1 is 0.970 bits per heavy atom. The van der Waals surface area contributed by atoms with E-state index in [4.69, 9.17) is 0 Å². The van der Waals surface area contributed by atoms with Gasteiger partial charge in [0.1, 0.15) is 0 Å². The number of alkyl halides is 3. The van der Waals surface area contributed by atoms with Gasteiger partial charge < -0.3 is 10.3 Å². The second kappa shape index (κ2) is 7.63. The van der Waals surface area contributed by atoms with E-state index in [9.17, 15) is 22.8 Å². The lowest BCUT2D eigenvalue weighted by atomic mass is 10.0. The lowest BCUT2D eigenvalue weighted by Crippen LogP contribution is -2.20. The second-order valence-electron chi connectivity index (χ2n) is 7.42. The van der Waals surface area contributed by atoms with Crippen molar-refractivity contribution in [1.29, 1.82) is 0 Å². The predicted octanol–water partition coefficient (Wildman–Crippen LogP) is 5.18. The molecule has 1 aromatic heterocycles. The molecule has 0 radical (unpaired) electrons. The van der Waals surface area contributed by atoms with Crippen LogP contribution in [0.2, 0.25) is 0 Å². The van der Waals surface area contributed by atoms with Gasteiger partial charge in [-0.25, -0.2) is 5.43 Å². The zero-order valence-electron chi connectivity index (χ0n) is 16.8. The highest BCUT2D eigenvalue weighted by atomic mass is 19.4. The molecule has 0 saturated carbocycles. The average Bonchev–Trinajstić information content (AvgIpc) is 3.08. The largest absolute Gasteiger partial charge is 0.417 e. The van der Waals surface area contributed by atoms with Crippen molar-refractivity contribution >= 4 is 34.6 Å². The smallest absolute Gasteiger partial charge is 0.354 e. The molecule has 3 aromatic carbocycles. The van der Waals surface area contributed by atoms with Crippen LogP contribution in [0.15, 0.2) is 71.8 Å². The van der Waals surface area contributed by atoms with Gasteiger partial charge in [-0.15, -0.1) is 0 Å². The van der Waals surface area contributed by atoms with E-state index in [1.165, 1.54) is 24.4 Å². The topological polar surface area (TPSA) is 86.3 Å². The molecule has 0 unspecified atom stereocenters. The van der Waals surface area contributed by atoms with Crippen molar-refractivity contribution in [3.05, 3.63) is 89.0 Å². The fourth-order valence-corrected chi connectivity index (χ4v) is 3.91. The fraction of sp³-hybridized carbons (Fsp3) is 0.0417. The number of H-pyrrole nitrogens is 1. The summed E-state index contributed by atoms with van der Waals surface area (Å²) in [6.45, 7) is 0. The molecule has 0 spiro atoms. The third-order valence-electron chi connectivity index (χ3n) is 5.34. The Kier molecular flexibility index (Phi) is 4.74. The molecule has 0 bridgehead atoms. The summed E-state index contributed by atoms with van der Waals surface area (Å²) in [4.78, 5) is 28.6. The number of carbonyl (C=O) groups excluding carboxylic acids is 2. The number of anilines is 1. The zero-order valence-corrected chi connectivity index (χ0v) is 16.8. The molecular formula is C24H15F3N4O2. The zero-order chi connectivity index (χ0) is 23.2. The molecule has 1 aliphatic rings. The number of nitrogens with zero attached hydrogens (tertiary/aromatic N) is 1. The Balaban J connectivity index is 1.62. The number of rotatable bonds is 3. The monoisotopic (exact) mass is 448 g/mol. The first-order valence-corrected chi connectivity index (χ1v) is 9.89. The summed E-state index contributed by atoms with van der Waals surface area (Å²) in [6.07, 6.45) is -3.15. The van der Waals surface area contributed by atoms with Gasteiger partial charge in [0, 0.05) is 22.2 Å². The second-order valence-corrected chi connectivity index (χ2v) is 7.42. The van der Waals surface area contributed by atoms with E-state index in [1.54, 1.807) is 6.07 Å². The first-order valence-electron chi connectivity index (χ1n) is 9.89. The summed E-state index contributed by atoms with van der Waals surface area (Å²) in [5, 5.41) is 7.06. The van der Waals surface area contributed by atoms with Crippen LogP contribution in [-0.2, 0) is 6.18 Å². The lowest BCUT2D eigenvalue weighted by molar-refractivity contribution is -0.137. The predicted molar refractivity (Wildman–Crippen MR) is 118 cm³/mol. The molecule has 33 heavy (non-hydrogen) atoms. The summed E-state index contributed by atoms with van der Waals surface area (Å²) in [7, 11) is 0. The van der Waals surface area contributed by atoms with Crippen molar-refractivity contribution in [2.24, 2.45) is 5.10 Å². The van der Waals surface area contributed by atoms with E-state index in [-0.39, 0.29) is 11.3 Å². The van der Waals surface area contributed by atoms with Gasteiger partial charge in [-0.2, -0.15) is 18.3 Å². The fourth-order valence-electron chi connectivity index (χ4n) is 3.91. The number of nitrogens with one attached hydrogen (secondary N) is 3. The van der Waals surface area contributed by atoms with E-state index >= 15 is 0 Å². The van der Waals surface area contributed by atoms with Crippen LogP contribution < -0.4 is 10.7 Å². The average molecular weight is 448 g/mol. The molecule has 0 fully saturated rings. The molecule has 0 saturated heterocycles. The number of halogens is 3. The van der Waals surface area contributed by atoms with Crippen molar-refractivity contribution in [3.63, 3.8) is 0 Å². The first kappa shape index (κ1) is 20.5. The molecule has 3 N–H and O–H groups in total. The lowest BCUT2D eigenvalue weighted by Gasteiger charge is -2.13. The van der Waals surface area contributed by atoms with Gasteiger partial charge in [0.05, 0.1) is 28.6 Å². The Morgan fingerprint density at radius 2 is 1.70 bits per heavy atom. The summed E-state index contributed by atoms with van der Waals surface area (Å²) >= 11 is 0. The first-order chi connectivity index (χ1) is 15.8. The maximum Gasteiger partial charge on any atom is 0.417 e. The maximum absolute atomic E-state index is 13.3. The van der Waals surface area contributed by atoms with Crippen LogP contribution in [0.3, 0.4) is 0 Å². The number of amides is 2. The summed E-state index contributed by atoms with van der Waals surface area (Å²) < 4.78 is 40.0. The van der Waals surface area contributed by atoms with Crippen LogP contribution in [-0.4, -0.2) is 23.0 Å². The summed E-state index contributed by atoms with van der Waals surface area (Å²) in [6, 6.07) is 16.9. The standard InChI is InChI=1S/C24H15F3N4O2/c25-24(26,27)18-9-5-4-8-15(18)22(32)29-14-10-16-20-17(12-28-31-23(16)33)21(30-19(20)11-14)13-6-2-1-3-7-13/h1-12,30H,(H,29,32)(H,31,33). The Hall–Kier alpha value is -4.40. The van der Waals surface area contributed by atoms with Crippen molar-refractivity contribution in [2.45, 2.75) is 6.18 Å². The molecule has 5 rings (SSSR count). The van der Waals surface area contributed by atoms with Crippen molar-refractivity contribution in [3.8, 4) is 11.3 Å². The van der Waals surface area contributed by atoms with E-state index in [0.717, 1.165) is 23.4 Å². The normalized spacial score (nSPS) is 13.0. The van der Waals surface area contributed by atoms with Crippen LogP contribution in [0.25, 0.3) is 22.2 Å². The number of hydrogen-bond acceptors (Lipinski definition) is 3. The van der Waals surface area contributed by atoms with Gasteiger partial charge in [-0.05, 0) is 29.8 Å². The molecule has 9 heteroatoms.